The number of nitrogens with zero attached hydrogens (tertiary/aromatic N) is 1. The molecule has 6 nitrogen and oxygen atoms in total. The Labute approximate surface area is 111 Å². The fourth-order valence-electron chi connectivity index (χ4n) is 2.20. The topological polar surface area (TPSA) is 73.6 Å². The van der Waals surface area contributed by atoms with Crippen LogP contribution in [0.15, 0.2) is 18.2 Å². The summed E-state index contributed by atoms with van der Waals surface area (Å²) in [7, 11) is 3.19. The van der Waals surface area contributed by atoms with Crippen molar-refractivity contribution in [2.75, 3.05) is 26.1 Å². The number of hydrogen-bond donors (Lipinski definition) is 1. The number of rotatable bonds is 6. The van der Waals surface area contributed by atoms with Crippen LogP contribution in [-0.4, -0.2) is 31.3 Å². The second-order valence-corrected chi connectivity index (χ2v) is 4.77. The van der Waals surface area contributed by atoms with E-state index in [4.69, 9.17) is 9.47 Å². The lowest BCUT2D eigenvalue weighted by Gasteiger charge is -2.40. The first kappa shape index (κ1) is 13.6. The van der Waals surface area contributed by atoms with Gasteiger partial charge in [0.25, 0.3) is 5.69 Å². The number of anilines is 1. The normalized spacial score (nSPS) is 16.5. The first-order chi connectivity index (χ1) is 9.08. The molecule has 1 fully saturated rings. The average Bonchev–Trinajstić information content (AvgIpc) is 2.37. The quantitative estimate of drug-likeness (QED) is 0.632. The van der Waals surface area contributed by atoms with Gasteiger partial charge in [-0.3, -0.25) is 10.1 Å². The summed E-state index contributed by atoms with van der Waals surface area (Å²) in [6.45, 7) is 0.647. The van der Waals surface area contributed by atoms with Crippen molar-refractivity contribution >= 4 is 11.4 Å². The summed E-state index contributed by atoms with van der Waals surface area (Å²) in [6.07, 6.45) is 3.19. The molecule has 2 rings (SSSR count). The molecule has 0 atom stereocenters. The zero-order valence-electron chi connectivity index (χ0n) is 11.1. The number of nitro groups is 1. The third kappa shape index (κ3) is 2.96. The third-order valence-electron chi connectivity index (χ3n) is 3.65. The molecule has 0 heterocycles. The largest absolute Gasteiger partial charge is 0.496 e. The Bertz CT molecular complexity index is 466. The summed E-state index contributed by atoms with van der Waals surface area (Å²) in [5.74, 6) is 0.469. The predicted octanol–water partition coefficient (Wildman–Crippen LogP) is 2.58. The summed E-state index contributed by atoms with van der Waals surface area (Å²) in [6, 6.07) is 4.65. The molecule has 0 saturated heterocycles. The van der Waals surface area contributed by atoms with Gasteiger partial charge in [0.15, 0.2) is 0 Å². The highest BCUT2D eigenvalue weighted by atomic mass is 16.6. The van der Waals surface area contributed by atoms with Crippen molar-refractivity contribution in [3.63, 3.8) is 0 Å². The first-order valence-corrected chi connectivity index (χ1v) is 6.21. The van der Waals surface area contributed by atoms with E-state index in [0.29, 0.717) is 18.0 Å². The molecule has 19 heavy (non-hydrogen) atoms. The summed E-state index contributed by atoms with van der Waals surface area (Å²) < 4.78 is 10.6. The van der Waals surface area contributed by atoms with Gasteiger partial charge in [0.05, 0.1) is 23.7 Å². The zero-order chi connectivity index (χ0) is 13.9. The van der Waals surface area contributed by atoms with Gasteiger partial charge in [-0.2, -0.15) is 0 Å². The smallest absolute Gasteiger partial charge is 0.275 e. The van der Waals surface area contributed by atoms with Crippen LogP contribution in [0, 0.1) is 10.1 Å². The average molecular weight is 266 g/mol. The first-order valence-electron chi connectivity index (χ1n) is 6.21. The molecular formula is C13H18N2O4. The van der Waals surface area contributed by atoms with Gasteiger partial charge in [0.1, 0.15) is 5.75 Å². The third-order valence-corrected chi connectivity index (χ3v) is 3.65. The zero-order valence-corrected chi connectivity index (χ0v) is 11.1. The minimum absolute atomic E-state index is 0.0157. The molecule has 0 unspecified atom stereocenters. The van der Waals surface area contributed by atoms with Crippen LogP contribution in [0.4, 0.5) is 11.4 Å². The van der Waals surface area contributed by atoms with E-state index < -0.39 is 4.92 Å². The van der Waals surface area contributed by atoms with Gasteiger partial charge in [-0.05, 0) is 19.3 Å². The SMILES string of the molecule is COc1cc(NCC2(OC)CCC2)cc([N+](=O)[O-])c1. The van der Waals surface area contributed by atoms with Crippen LogP contribution in [0.25, 0.3) is 0 Å². The van der Waals surface area contributed by atoms with Gasteiger partial charge in [-0.15, -0.1) is 0 Å². The van der Waals surface area contributed by atoms with Crippen molar-refractivity contribution in [3.8, 4) is 5.75 Å². The molecule has 1 N–H and O–H groups in total. The van der Waals surface area contributed by atoms with Crippen molar-refractivity contribution < 1.29 is 14.4 Å². The summed E-state index contributed by atoms with van der Waals surface area (Å²) in [5.41, 5.74) is 0.564. The van der Waals surface area contributed by atoms with E-state index in [0.717, 1.165) is 19.3 Å². The second kappa shape index (κ2) is 5.44. The number of ether oxygens (including phenoxy) is 2. The molecule has 0 bridgehead atoms. The van der Waals surface area contributed by atoms with Gasteiger partial charge >= 0.3 is 0 Å². The standard InChI is InChI=1S/C13H18N2O4/c1-18-12-7-10(6-11(8-12)15(16)17)14-9-13(19-2)4-3-5-13/h6-8,14H,3-5,9H2,1-2H3. The fraction of sp³-hybridized carbons (Fsp3) is 0.538. The number of nitrogens with one attached hydrogen (secondary N) is 1. The number of hydrogen-bond acceptors (Lipinski definition) is 5. The molecule has 0 aromatic heterocycles. The molecule has 0 spiro atoms. The van der Waals surface area contributed by atoms with Gasteiger partial charge in [0, 0.05) is 31.5 Å². The minimum atomic E-state index is -0.427. The maximum Gasteiger partial charge on any atom is 0.275 e. The van der Waals surface area contributed by atoms with Crippen LogP contribution >= 0.6 is 0 Å². The molecule has 1 aliphatic carbocycles. The molecule has 1 aromatic rings. The van der Waals surface area contributed by atoms with E-state index in [1.807, 2.05) is 0 Å². The molecular weight excluding hydrogens is 248 g/mol. The maximum absolute atomic E-state index is 10.8. The van der Waals surface area contributed by atoms with E-state index in [1.165, 1.54) is 19.2 Å². The van der Waals surface area contributed by atoms with E-state index in [-0.39, 0.29) is 11.3 Å². The van der Waals surface area contributed by atoms with E-state index in [9.17, 15) is 10.1 Å². The Morgan fingerprint density at radius 3 is 2.58 bits per heavy atom. The van der Waals surface area contributed by atoms with Crippen LogP contribution < -0.4 is 10.1 Å². The van der Waals surface area contributed by atoms with Crippen LogP contribution in [0.1, 0.15) is 19.3 Å². The molecule has 1 aliphatic rings. The highest BCUT2D eigenvalue weighted by Gasteiger charge is 2.36. The van der Waals surface area contributed by atoms with Crippen molar-refractivity contribution in [2.45, 2.75) is 24.9 Å². The number of non-ortho nitro benzene ring substituents is 1. The Hall–Kier alpha value is -1.82. The number of nitro benzene ring substituents is 1. The molecule has 1 aromatic carbocycles. The lowest BCUT2D eigenvalue weighted by atomic mass is 9.80. The summed E-state index contributed by atoms with van der Waals surface area (Å²) in [5, 5.41) is 14.0. The second-order valence-electron chi connectivity index (χ2n) is 4.77. The van der Waals surface area contributed by atoms with Crippen molar-refractivity contribution in [1.82, 2.24) is 0 Å². The Balaban J connectivity index is 2.11. The molecule has 0 aliphatic heterocycles. The van der Waals surface area contributed by atoms with Gasteiger partial charge < -0.3 is 14.8 Å². The Morgan fingerprint density at radius 2 is 2.11 bits per heavy atom. The summed E-state index contributed by atoms with van der Waals surface area (Å²) >= 11 is 0. The lowest BCUT2D eigenvalue weighted by Crippen LogP contribution is -2.45. The van der Waals surface area contributed by atoms with E-state index in [2.05, 4.69) is 5.32 Å². The Kier molecular flexibility index (Phi) is 3.90. The molecule has 0 radical (unpaired) electrons. The predicted molar refractivity (Wildman–Crippen MR) is 71.7 cm³/mol. The van der Waals surface area contributed by atoms with Crippen LogP contribution in [0.5, 0.6) is 5.75 Å². The van der Waals surface area contributed by atoms with Crippen molar-refractivity contribution in [2.24, 2.45) is 0 Å². The van der Waals surface area contributed by atoms with E-state index in [1.54, 1.807) is 13.2 Å². The van der Waals surface area contributed by atoms with Crippen LogP contribution in [0.3, 0.4) is 0 Å². The summed E-state index contributed by atoms with van der Waals surface area (Å²) in [4.78, 5) is 10.4. The molecule has 6 heteroatoms. The highest BCUT2D eigenvalue weighted by molar-refractivity contribution is 5.56. The monoisotopic (exact) mass is 266 g/mol. The Morgan fingerprint density at radius 1 is 1.37 bits per heavy atom. The number of methoxy groups -OCH3 is 2. The van der Waals surface area contributed by atoms with Crippen LogP contribution in [-0.2, 0) is 4.74 Å². The molecule has 0 amide bonds. The molecule has 1 saturated carbocycles. The molecule has 104 valence electrons. The highest BCUT2D eigenvalue weighted by Crippen LogP contribution is 2.35. The van der Waals surface area contributed by atoms with Gasteiger partial charge in [0.2, 0.25) is 0 Å². The fourth-order valence-corrected chi connectivity index (χ4v) is 2.20. The van der Waals surface area contributed by atoms with Crippen LogP contribution in [0.2, 0.25) is 0 Å². The van der Waals surface area contributed by atoms with Gasteiger partial charge in [-0.25, -0.2) is 0 Å². The minimum Gasteiger partial charge on any atom is -0.496 e. The van der Waals surface area contributed by atoms with Gasteiger partial charge in [-0.1, -0.05) is 0 Å². The van der Waals surface area contributed by atoms with E-state index >= 15 is 0 Å². The lowest BCUT2D eigenvalue weighted by molar-refractivity contribution is -0.384. The van der Waals surface area contributed by atoms with Crippen molar-refractivity contribution in [3.05, 3.63) is 28.3 Å². The maximum atomic E-state index is 10.8. The number of benzene rings is 1. The van der Waals surface area contributed by atoms with Crippen molar-refractivity contribution in [1.29, 1.82) is 0 Å².